The molecule has 0 aliphatic heterocycles. The molecule has 3 aromatic rings. The fraction of sp³-hybridized carbons (Fsp3) is 0.0500. The highest BCUT2D eigenvalue weighted by atomic mass is 32.1. The van der Waals surface area contributed by atoms with Crippen molar-refractivity contribution in [1.82, 2.24) is 5.32 Å². The molecule has 0 radical (unpaired) electrons. The van der Waals surface area contributed by atoms with E-state index >= 15 is 0 Å². The van der Waals surface area contributed by atoms with Gasteiger partial charge in [0.2, 0.25) is 0 Å². The van der Waals surface area contributed by atoms with Gasteiger partial charge in [-0.25, -0.2) is 4.79 Å². The number of hydrogen-bond acceptors (Lipinski definition) is 6. The maximum Gasteiger partial charge on any atom is 0.331 e. The van der Waals surface area contributed by atoms with Crippen molar-refractivity contribution in [3.63, 3.8) is 0 Å². The number of imide groups is 1. The first-order chi connectivity index (χ1) is 13.1. The average Bonchev–Trinajstić information content (AvgIpc) is 3.37. The Bertz CT molecular complexity index is 959. The zero-order valence-corrected chi connectivity index (χ0v) is 15.7. The molecule has 0 saturated carbocycles. The van der Waals surface area contributed by atoms with Crippen molar-refractivity contribution in [2.24, 2.45) is 0 Å². The summed E-state index contributed by atoms with van der Waals surface area (Å²) in [5.74, 6) is -1.82. The Morgan fingerprint density at radius 3 is 2.56 bits per heavy atom. The summed E-state index contributed by atoms with van der Waals surface area (Å²) >= 11 is 2.76. The van der Waals surface area contributed by atoms with E-state index in [1.165, 1.54) is 17.4 Å². The fourth-order valence-corrected chi connectivity index (χ4v) is 3.70. The van der Waals surface area contributed by atoms with Gasteiger partial charge >= 0.3 is 5.97 Å². The minimum Gasteiger partial charge on any atom is -0.452 e. The van der Waals surface area contributed by atoms with Gasteiger partial charge in [-0.2, -0.15) is 0 Å². The Kier molecular flexibility index (Phi) is 6.30. The third-order valence-corrected chi connectivity index (χ3v) is 5.38. The summed E-state index contributed by atoms with van der Waals surface area (Å²) in [5.41, 5.74) is 1.11. The van der Waals surface area contributed by atoms with E-state index in [4.69, 9.17) is 4.74 Å². The molecule has 0 saturated heterocycles. The lowest BCUT2D eigenvalue weighted by Gasteiger charge is -2.02. The lowest BCUT2D eigenvalue weighted by atomic mass is 10.2. The molecule has 2 aromatic heterocycles. The molecule has 2 amide bonds. The van der Waals surface area contributed by atoms with E-state index < -0.39 is 24.4 Å². The number of esters is 1. The Hall–Kier alpha value is -3.03. The molecule has 0 fully saturated rings. The van der Waals surface area contributed by atoms with Crippen molar-refractivity contribution < 1.29 is 19.1 Å². The molecule has 136 valence electrons. The van der Waals surface area contributed by atoms with Crippen LogP contribution < -0.4 is 5.32 Å². The number of hydrogen-bond donors (Lipinski definition) is 1. The maximum atomic E-state index is 11.7. The monoisotopic (exact) mass is 397 g/mol. The van der Waals surface area contributed by atoms with Gasteiger partial charge in [0.05, 0.1) is 4.88 Å². The summed E-state index contributed by atoms with van der Waals surface area (Å²) in [5, 5.41) is 3.90. The van der Waals surface area contributed by atoms with Gasteiger partial charge in [0.1, 0.15) is 0 Å². The summed E-state index contributed by atoms with van der Waals surface area (Å²) < 4.78 is 4.85. The van der Waals surface area contributed by atoms with Crippen molar-refractivity contribution >= 4 is 46.5 Å². The van der Waals surface area contributed by atoms with Crippen molar-refractivity contribution in [1.29, 1.82) is 0 Å². The van der Waals surface area contributed by atoms with Crippen LogP contribution in [0.25, 0.3) is 16.5 Å². The smallest absolute Gasteiger partial charge is 0.331 e. The average molecular weight is 397 g/mol. The largest absolute Gasteiger partial charge is 0.452 e. The molecule has 7 heteroatoms. The molecule has 0 aliphatic carbocycles. The van der Waals surface area contributed by atoms with E-state index in [0.717, 1.165) is 15.3 Å². The molecule has 3 rings (SSSR count). The normalized spacial score (nSPS) is 10.7. The first-order valence-electron chi connectivity index (χ1n) is 7.99. The van der Waals surface area contributed by atoms with E-state index in [1.54, 1.807) is 34.9 Å². The first kappa shape index (κ1) is 18.8. The summed E-state index contributed by atoms with van der Waals surface area (Å²) in [6.07, 6.45) is 2.89. The molecule has 0 bridgehead atoms. The van der Waals surface area contributed by atoms with Crippen LogP contribution >= 0.6 is 22.7 Å². The third kappa shape index (κ3) is 5.47. The highest BCUT2D eigenvalue weighted by molar-refractivity contribution is 7.16. The van der Waals surface area contributed by atoms with Crippen LogP contribution in [-0.2, 0) is 14.3 Å². The molecule has 27 heavy (non-hydrogen) atoms. The van der Waals surface area contributed by atoms with Crippen LogP contribution in [0.4, 0.5) is 0 Å². The van der Waals surface area contributed by atoms with Crippen LogP contribution in [0.15, 0.2) is 66.1 Å². The minimum absolute atomic E-state index is 0.418. The van der Waals surface area contributed by atoms with Gasteiger partial charge in [-0.05, 0) is 35.2 Å². The number of rotatable bonds is 6. The third-order valence-electron chi connectivity index (χ3n) is 3.41. The van der Waals surface area contributed by atoms with E-state index in [9.17, 15) is 14.4 Å². The molecule has 1 N–H and O–H groups in total. The molecule has 0 aliphatic rings. The molecule has 2 heterocycles. The summed E-state index contributed by atoms with van der Waals surface area (Å²) in [7, 11) is 0. The highest BCUT2D eigenvalue weighted by Crippen LogP contribution is 2.28. The van der Waals surface area contributed by atoms with E-state index in [0.29, 0.717) is 4.88 Å². The number of thiophene rings is 2. The van der Waals surface area contributed by atoms with Crippen LogP contribution in [-0.4, -0.2) is 24.4 Å². The summed E-state index contributed by atoms with van der Waals surface area (Å²) in [6, 6.07) is 17.1. The zero-order chi connectivity index (χ0) is 19.1. The van der Waals surface area contributed by atoms with Gasteiger partial charge < -0.3 is 4.74 Å². The standard InChI is InChI=1S/C20H15NO4S2/c22-18(21-20(24)17-7-4-12-26-17)13-25-19(23)11-9-15-8-10-16(27-15)14-5-2-1-3-6-14/h1-12H,13H2,(H,21,22,24)/b11-9+. The molecule has 0 atom stereocenters. The molecule has 5 nitrogen and oxygen atoms in total. The van der Waals surface area contributed by atoms with Crippen molar-refractivity contribution in [2.75, 3.05) is 6.61 Å². The quantitative estimate of drug-likeness (QED) is 0.504. The minimum atomic E-state index is -0.669. The van der Waals surface area contributed by atoms with E-state index in [-0.39, 0.29) is 0 Å². The van der Waals surface area contributed by atoms with Crippen molar-refractivity contribution in [3.05, 3.63) is 75.8 Å². The number of nitrogens with one attached hydrogen (secondary N) is 1. The van der Waals surface area contributed by atoms with Crippen molar-refractivity contribution in [2.45, 2.75) is 0 Å². The van der Waals surface area contributed by atoms with Gasteiger partial charge in [0.15, 0.2) is 6.61 Å². The van der Waals surface area contributed by atoms with Gasteiger partial charge in [-0.1, -0.05) is 36.4 Å². The number of amides is 2. The molecular formula is C20H15NO4S2. The summed E-state index contributed by atoms with van der Waals surface area (Å²) in [6.45, 7) is -0.514. The predicted octanol–water partition coefficient (Wildman–Crippen LogP) is 3.99. The van der Waals surface area contributed by atoms with E-state index in [1.807, 2.05) is 42.5 Å². The predicted molar refractivity (Wildman–Crippen MR) is 107 cm³/mol. The Morgan fingerprint density at radius 1 is 1.00 bits per heavy atom. The molecule has 0 unspecified atom stereocenters. The number of ether oxygens (including phenoxy) is 1. The lowest BCUT2D eigenvalue weighted by Crippen LogP contribution is -2.33. The van der Waals surface area contributed by atoms with Gasteiger partial charge in [-0.3, -0.25) is 14.9 Å². The Labute approximate surface area is 163 Å². The fourth-order valence-electron chi connectivity index (χ4n) is 2.17. The lowest BCUT2D eigenvalue weighted by molar-refractivity contribution is -0.143. The zero-order valence-electron chi connectivity index (χ0n) is 14.1. The molecular weight excluding hydrogens is 382 g/mol. The Morgan fingerprint density at radius 2 is 1.81 bits per heavy atom. The van der Waals surface area contributed by atoms with Gasteiger partial charge in [0.25, 0.3) is 11.8 Å². The van der Waals surface area contributed by atoms with Crippen LogP contribution in [0.3, 0.4) is 0 Å². The summed E-state index contributed by atoms with van der Waals surface area (Å²) in [4.78, 5) is 37.5. The van der Waals surface area contributed by atoms with Gasteiger partial charge in [-0.15, -0.1) is 22.7 Å². The highest BCUT2D eigenvalue weighted by Gasteiger charge is 2.12. The van der Waals surface area contributed by atoms with E-state index in [2.05, 4.69) is 5.32 Å². The number of benzene rings is 1. The van der Waals surface area contributed by atoms with Crippen molar-refractivity contribution in [3.8, 4) is 10.4 Å². The second kappa shape index (κ2) is 9.07. The van der Waals surface area contributed by atoms with Crippen LogP contribution in [0.5, 0.6) is 0 Å². The Balaban J connectivity index is 1.47. The SMILES string of the molecule is O=C(COC(=O)/C=C/c1ccc(-c2ccccc2)s1)NC(=O)c1cccs1. The second-order valence-electron chi connectivity index (χ2n) is 5.36. The number of carbonyl (C=O) groups is 3. The number of carbonyl (C=O) groups excluding carboxylic acids is 3. The maximum absolute atomic E-state index is 11.7. The van der Waals surface area contributed by atoms with Gasteiger partial charge in [0, 0.05) is 15.8 Å². The van der Waals surface area contributed by atoms with Crippen LogP contribution in [0.2, 0.25) is 0 Å². The topological polar surface area (TPSA) is 72.5 Å². The second-order valence-corrected chi connectivity index (χ2v) is 7.43. The molecule has 0 spiro atoms. The van der Waals surface area contributed by atoms with Crippen LogP contribution in [0.1, 0.15) is 14.5 Å². The van der Waals surface area contributed by atoms with Crippen LogP contribution in [0, 0.1) is 0 Å². The first-order valence-corrected chi connectivity index (χ1v) is 9.69. The molecule has 1 aromatic carbocycles.